The van der Waals surface area contributed by atoms with Gasteiger partial charge < -0.3 is 70.4 Å². The molecule has 0 aliphatic carbocycles. The van der Waals surface area contributed by atoms with Gasteiger partial charge in [-0.3, -0.25) is 33.6 Å². The second kappa shape index (κ2) is 28.3. The van der Waals surface area contributed by atoms with E-state index in [9.17, 15) is 48.6 Å². The Morgan fingerprint density at radius 3 is 1.71 bits per heavy atom. The summed E-state index contributed by atoms with van der Waals surface area (Å²) in [4.78, 5) is 107. The number of unbranched alkanes of at least 4 members (excludes halogenated alkanes) is 3. The second-order valence-corrected chi connectivity index (χ2v) is 16.3. The van der Waals surface area contributed by atoms with Gasteiger partial charge in [0, 0.05) is 19.4 Å². The highest BCUT2D eigenvalue weighted by molar-refractivity contribution is 5.97. The van der Waals surface area contributed by atoms with E-state index in [0.29, 0.717) is 76.6 Å². The van der Waals surface area contributed by atoms with E-state index in [4.69, 9.17) is 28.7 Å². The van der Waals surface area contributed by atoms with Gasteiger partial charge in [-0.2, -0.15) is 0 Å². The van der Waals surface area contributed by atoms with Gasteiger partial charge in [-0.25, -0.2) is 4.79 Å². The minimum absolute atomic E-state index is 0.0225. The monoisotopic (exact) mass is 890 g/mol. The van der Waals surface area contributed by atoms with Crippen LogP contribution in [0.1, 0.15) is 103 Å². The summed E-state index contributed by atoms with van der Waals surface area (Å²) < 4.78 is 0. The number of amides is 7. The Bertz CT molecular complexity index is 1660. The number of hydrogen-bond acceptors (Lipinski definition) is 13. The first-order chi connectivity index (χ1) is 29.9. The number of aromatic hydroxyl groups is 1. The molecular formula is C42H71N11O10. The van der Waals surface area contributed by atoms with Gasteiger partial charge in [-0.1, -0.05) is 32.4 Å². The van der Waals surface area contributed by atoms with Crippen molar-refractivity contribution in [3.63, 3.8) is 0 Å². The zero-order valence-electron chi connectivity index (χ0n) is 36.7. The van der Waals surface area contributed by atoms with Crippen molar-refractivity contribution in [3.05, 3.63) is 29.8 Å². The molecule has 1 aliphatic rings. The third kappa shape index (κ3) is 18.9. The summed E-state index contributed by atoms with van der Waals surface area (Å²) in [5, 5.41) is 32.9. The maximum Gasteiger partial charge on any atom is 0.326 e. The minimum atomic E-state index is -1.42. The number of phenols is 1. The fraction of sp³-hybridized carbons (Fsp3) is 0.667. The van der Waals surface area contributed by atoms with E-state index in [0.717, 1.165) is 0 Å². The molecule has 17 N–H and O–H groups in total. The molecule has 0 spiro atoms. The molecule has 1 aromatic rings. The number of nitrogens with one attached hydrogen (secondary N) is 5. The van der Waals surface area contributed by atoms with Crippen LogP contribution in [-0.4, -0.2) is 131 Å². The van der Waals surface area contributed by atoms with Crippen LogP contribution in [0.15, 0.2) is 24.3 Å². The molecule has 0 radical (unpaired) electrons. The molecule has 1 saturated heterocycles. The second-order valence-electron chi connectivity index (χ2n) is 16.3. The lowest BCUT2D eigenvalue weighted by atomic mass is 9.99. The molecule has 0 unspecified atom stereocenters. The van der Waals surface area contributed by atoms with Crippen molar-refractivity contribution in [2.75, 3.05) is 26.2 Å². The molecule has 63 heavy (non-hydrogen) atoms. The molecule has 0 aromatic heterocycles. The van der Waals surface area contributed by atoms with Crippen LogP contribution < -0.4 is 55.3 Å². The van der Waals surface area contributed by atoms with E-state index < -0.39 is 95.5 Å². The van der Waals surface area contributed by atoms with Crippen molar-refractivity contribution >= 4 is 47.3 Å². The maximum atomic E-state index is 14.3. The predicted octanol–water partition coefficient (Wildman–Crippen LogP) is -1.93. The highest BCUT2D eigenvalue weighted by Crippen LogP contribution is 2.21. The van der Waals surface area contributed by atoms with Crippen LogP contribution in [0.5, 0.6) is 5.75 Å². The predicted molar refractivity (Wildman–Crippen MR) is 234 cm³/mol. The third-order valence-corrected chi connectivity index (χ3v) is 10.8. The first kappa shape index (κ1) is 53.8. The van der Waals surface area contributed by atoms with Gasteiger partial charge in [0.2, 0.25) is 41.4 Å². The van der Waals surface area contributed by atoms with Gasteiger partial charge in [0.15, 0.2) is 0 Å². The standard InChI is InChI=1S/C42H71N11O10/c1-25(2)35(41(61)53-23-9-13-33(53)40(60)50-31(42(62)63)18-19-34(47)55)52-38(58)30(12-5-8-22-45)49-39(59)32(24-26-14-16-27(54)17-15-26)51-37(57)29(11-4-7-21-44)48-36(56)28(46)10-3-6-20-43/h14-17,25,28-33,35,54H,3-13,18-24,43-46H2,1-2H3,(H2,47,55)(H,48,56)(H,49,59)(H,50,60)(H,51,57)(H,52,58)(H,62,63)/t28-,29-,30-,31-,32-,33-,35-/m0/s1. The van der Waals surface area contributed by atoms with E-state index in [-0.39, 0.29) is 50.8 Å². The Hall–Kier alpha value is -5.38. The van der Waals surface area contributed by atoms with Crippen LogP contribution in [0.25, 0.3) is 0 Å². The third-order valence-electron chi connectivity index (χ3n) is 10.8. The summed E-state index contributed by atoms with van der Waals surface area (Å²) in [6.07, 6.45) is 3.93. The number of carbonyl (C=O) groups excluding carboxylic acids is 7. The van der Waals surface area contributed by atoms with Crippen LogP contribution in [0, 0.1) is 5.92 Å². The molecule has 0 bridgehead atoms. The molecule has 1 aliphatic heterocycles. The Balaban J connectivity index is 2.38. The summed E-state index contributed by atoms with van der Waals surface area (Å²) in [6, 6.07) is -2.14. The van der Waals surface area contributed by atoms with Crippen molar-refractivity contribution < 1.29 is 48.6 Å². The fourth-order valence-electron chi connectivity index (χ4n) is 7.12. The largest absolute Gasteiger partial charge is 0.508 e. The number of aliphatic carboxylic acids is 1. The lowest BCUT2D eigenvalue weighted by molar-refractivity contribution is -0.145. The highest BCUT2D eigenvalue weighted by atomic mass is 16.4. The summed E-state index contributed by atoms with van der Waals surface area (Å²) in [7, 11) is 0. The Labute approximate surface area is 369 Å². The normalized spacial score (nSPS) is 16.5. The summed E-state index contributed by atoms with van der Waals surface area (Å²) >= 11 is 0. The van der Waals surface area contributed by atoms with Gasteiger partial charge in [0.05, 0.1) is 6.04 Å². The molecule has 354 valence electrons. The summed E-state index contributed by atoms with van der Waals surface area (Å²) in [5.41, 5.74) is 28.9. The number of primary amides is 1. The van der Waals surface area contributed by atoms with Crippen molar-refractivity contribution in [1.82, 2.24) is 31.5 Å². The van der Waals surface area contributed by atoms with Gasteiger partial charge in [-0.15, -0.1) is 0 Å². The first-order valence-electron chi connectivity index (χ1n) is 21.9. The van der Waals surface area contributed by atoms with Gasteiger partial charge in [-0.05, 0) is 114 Å². The van der Waals surface area contributed by atoms with Crippen molar-refractivity contribution in [2.45, 2.75) is 146 Å². The zero-order chi connectivity index (χ0) is 47.1. The lowest BCUT2D eigenvalue weighted by Crippen LogP contribution is -2.60. The quantitative estimate of drug-likeness (QED) is 0.0375. The van der Waals surface area contributed by atoms with Crippen LogP contribution in [0.3, 0.4) is 0 Å². The number of carbonyl (C=O) groups is 8. The Morgan fingerprint density at radius 1 is 0.683 bits per heavy atom. The van der Waals surface area contributed by atoms with E-state index >= 15 is 0 Å². The molecule has 21 nitrogen and oxygen atoms in total. The SMILES string of the molecule is CC(C)[C@H](NC(=O)[C@H](CCCCN)NC(=O)[C@H](Cc1ccc(O)cc1)NC(=O)[C@H](CCCCN)NC(=O)[C@@H](N)CCCCN)C(=O)N1CCC[C@H]1C(=O)N[C@@H](CCC(N)=O)C(=O)O. The molecule has 1 aromatic carbocycles. The Morgan fingerprint density at radius 2 is 1.19 bits per heavy atom. The number of likely N-dealkylation sites (tertiary alicyclic amines) is 1. The van der Waals surface area contributed by atoms with Gasteiger partial charge in [0.1, 0.15) is 42.0 Å². The van der Waals surface area contributed by atoms with Crippen LogP contribution in [0.4, 0.5) is 0 Å². The van der Waals surface area contributed by atoms with Gasteiger partial charge >= 0.3 is 5.97 Å². The van der Waals surface area contributed by atoms with Crippen molar-refractivity contribution in [1.29, 1.82) is 0 Å². The van der Waals surface area contributed by atoms with Crippen LogP contribution in [0.2, 0.25) is 0 Å². The smallest absolute Gasteiger partial charge is 0.326 e. The summed E-state index contributed by atoms with van der Waals surface area (Å²) in [5.74, 6) is -6.63. The van der Waals surface area contributed by atoms with E-state index in [1.165, 1.54) is 17.0 Å². The molecule has 21 heteroatoms. The molecule has 7 amide bonds. The molecule has 1 heterocycles. The number of phenolic OH excluding ortho intramolecular Hbond substituents is 1. The zero-order valence-corrected chi connectivity index (χ0v) is 36.7. The number of nitrogens with two attached hydrogens (primary N) is 5. The molecular weight excluding hydrogens is 819 g/mol. The molecule has 2 rings (SSSR count). The molecule has 7 atom stereocenters. The fourth-order valence-corrected chi connectivity index (χ4v) is 7.12. The number of rotatable bonds is 30. The number of nitrogens with zero attached hydrogens (tertiary/aromatic N) is 1. The summed E-state index contributed by atoms with van der Waals surface area (Å²) in [6.45, 7) is 4.63. The average molecular weight is 890 g/mol. The van der Waals surface area contributed by atoms with Gasteiger partial charge in [0.25, 0.3) is 0 Å². The van der Waals surface area contributed by atoms with Crippen LogP contribution >= 0.6 is 0 Å². The van der Waals surface area contributed by atoms with E-state index in [1.54, 1.807) is 26.0 Å². The highest BCUT2D eigenvalue weighted by Gasteiger charge is 2.41. The average Bonchev–Trinajstić information content (AvgIpc) is 3.74. The number of carboxylic acid groups (broad SMARTS) is 1. The Kier molecular flexibility index (Phi) is 24.2. The number of carboxylic acids is 1. The minimum Gasteiger partial charge on any atom is -0.508 e. The van der Waals surface area contributed by atoms with Crippen molar-refractivity contribution in [2.24, 2.45) is 34.6 Å². The van der Waals surface area contributed by atoms with Crippen molar-refractivity contribution in [3.8, 4) is 5.75 Å². The van der Waals surface area contributed by atoms with Crippen LogP contribution in [-0.2, 0) is 44.8 Å². The first-order valence-corrected chi connectivity index (χ1v) is 21.9. The lowest BCUT2D eigenvalue weighted by Gasteiger charge is -2.32. The van der Waals surface area contributed by atoms with E-state index in [2.05, 4.69) is 26.6 Å². The molecule has 1 fully saturated rings. The van der Waals surface area contributed by atoms with E-state index in [1.807, 2.05) is 0 Å². The molecule has 0 saturated carbocycles. The maximum absolute atomic E-state index is 14.3. The number of benzene rings is 1. The number of hydrogen-bond donors (Lipinski definition) is 12. The topological polar surface area (TPSA) is 371 Å².